The van der Waals surface area contributed by atoms with Crippen LogP contribution < -0.4 is 10.6 Å². The van der Waals surface area contributed by atoms with Gasteiger partial charge < -0.3 is 10.6 Å². The van der Waals surface area contributed by atoms with Crippen LogP contribution in [-0.2, 0) is 6.18 Å². The molecule has 1 aromatic carbocycles. The SMILES string of the molecule is Cc1ccc(-n2ncc(C(=O)NCCC3CCCNC3)c2C(F)(F)F)cc1.Cl. The fourth-order valence-corrected chi connectivity index (χ4v) is 3.32. The lowest BCUT2D eigenvalue weighted by Gasteiger charge is -2.22. The summed E-state index contributed by atoms with van der Waals surface area (Å²) in [7, 11) is 0. The third-order valence-corrected chi connectivity index (χ3v) is 4.80. The molecule has 5 nitrogen and oxygen atoms in total. The predicted octanol–water partition coefficient (Wildman–Crippen LogP) is 3.74. The summed E-state index contributed by atoms with van der Waals surface area (Å²) in [5.74, 6) is -0.305. The Kier molecular flexibility index (Phi) is 7.48. The van der Waals surface area contributed by atoms with Crippen LogP contribution in [0.25, 0.3) is 5.69 Å². The number of benzene rings is 1. The monoisotopic (exact) mass is 416 g/mol. The van der Waals surface area contributed by atoms with E-state index in [-0.39, 0.29) is 18.1 Å². The molecule has 1 atom stereocenters. The van der Waals surface area contributed by atoms with E-state index in [2.05, 4.69) is 15.7 Å². The van der Waals surface area contributed by atoms with Crippen molar-refractivity contribution in [2.75, 3.05) is 19.6 Å². The predicted molar refractivity (Wildman–Crippen MR) is 103 cm³/mol. The molecule has 2 aromatic rings. The largest absolute Gasteiger partial charge is 0.434 e. The second-order valence-corrected chi connectivity index (χ2v) is 6.91. The minimum absolute atomic E-state index is 0. The molecule has 0 saturated carbocycles. The molecule has 9 heteroatoms. The number of piperidine rings is 1. The number of aryl methyl sites for hydroxylation is 1. The minimum atomic E-state index is -4.69. The Balaban J connectivity index is 0.00000280. The van der Waals surface area contributed by atoms with Gasteiger partial charge in [-0.3, -0.25) is 4.79 Å². The molecule has 1 aliphatic heterocycles. The van der Waals surface area contributed by atoms with Crippen LogP contribution in [0.15, 0.2) is 30.5 Å². The number of carbonyl (C=O) groups is 1. The summed E-state index contributed by atoms with van der Waals surface area (Å²) in [6.45, 7) is 4.07. The fraction of sp³-hybridized carbons (Fsp3) is 0.474. The molecular formula is C19H24ClF3N4O. The van der Waals surface area contributed by atoms with E-state index < -0.39 is 23.3 Å². The van der Waals surface area contributed by atoms with E-state index in [9.17, 15) is 18.0 Å². The van der Waals surface area contributed by atoms with Crippen LogP contribution in [0, 0.1) is 12.8 Å². The van der Waals surface area contributed by atoms with E-state index in [0.29, 0.717) is 12.5 Å². The molecule has 0 aliphatic carbocycles. The molecule has 1 unspecified atom stereocenters. The van der Waals surface area contributed by atoms with Crippen LogP contribution in [-0.4, -0.2) is 35.3 Å². The highest BCUT2D eigenvalue weighted by Crippen LogP contribution is 2.33. The minimum Gasteiger partial charge on any atom is -0.352 e. The second-order valence-electron chi connectivity index (χ2n) is 6.91. The van der Waals surface area contributed by atoms with Crippen molar-refractivity contribution in [1.29, 1.82) is 0 Å². The van der Waals surface area contributed by atoms with Gasteiger partial charge in [0.1, 0.15) is 0 Å². The zero-order valence-electron chi connectivity index (χ0n) is 15.6. The van der Waals surface area contributed by atoms with Crippen molar-refractivity contribution in [1.82, 2.24) is 20.4 Å². The first kappa shape index (κ1) is 22.2. The quantitative estimate of drug-likeness (QED) is 0.780. The molecule has 0 bridgehead atoms. The zero-order chi connectivity index (χ0) is 19.4. The number of rotatable bonds is 5. The van der Waals surface area contributed by atoms with Crippen molar-refractivity contribution >= 4 is 18.3 Å². The molecule has 3 rings (SSSR count). The van der Waals surface area contributed by atoms with Gasteiger partial charge in [0.05, 0.1) is 17.4 Å². The summed E-state index contributed by atoms with van der Waals surface area (Å²) in [5, 5.41) is 9.72. The Morgan fingerprint density at radius 3 is 2.64 bits per heavy atom. The van der Waals surface area contributed by atoms with E-state index in [4.69, 9.17) is 0 Å². The first-order valence-electron chi connectivity index (χ1n) is 9.07. The third-order valence-electron chi connectivity index (χ3n) is 4.80. The molecule has 1 aliphatic rings. The number of carbonyl (C=O) groups excluding carboxylic acids is 1. The highest BCUT2D eigenvalue weighted by molar-refractivity contribution is 5.95. The standard InChI is InChI=1S/C19H23F3N4O.ClH/c1-13-4-6-15(7-5-13)26-17(19(20,21)22)16(12-25-26)18(27)24-10-8-14-3-2-9-23-11-14;/h4-7,12,14,23H,2-3,8-11H2,1H3,(H,24,27);1H. The van der Waals surface area contributed by atoms with Crippen LogP contribution in [0.2, 0.25) is 0 Å². The summed E-state index contributed by atoms with van der Waals surface area (Å²) in [6.07, 6.45) is -0.810. The number of alkyl halides is 3. The maximum Gasteiger partial charge on any atom is 0.434 e. The Morgan fingerprint density at radius 2 is 2.04 bits per heavy atom. The number of amides is 1. The van der Waals surface area contributed by atoms with Crippen molar-refractivity contribution in [2.24, 2.45) is 5.92 Å². The van der Waals surface area contributed by atoms with E-state index in [0.717, 1.165) is 48.8 Å². The lowest BCUT2D eigenvalue weighted by molar-refractivity contribution is -0.143. The summed E-state index contributed by atoms with van der Waals surface area (Å²) < 4.78 is 41.7. The molecule has 0 spiro atoms. The average Bonchev–Trinajstić information content (AvgIpc) is 3.09. The van der Waals surface area contributed by atoms with E-state index in [1.54, 1.807) is 24.3 Å². The van der Waals surface area contributed by atoms with E-state index >= 15 is 0 Å². The van der Waals surface area contributed by atoms with Crippen LogP contribution in [0.4, 0.5) is 13.2 Å². The van der Waals surface area contributed by atoms with Gasteiger partial charge in [-0.15, -0.1) is 12.4 Å². The molecule has 2 N–H and O–H groups in total. The zero-order valence-corrected chi connectivity index (χ0v) is 16.4. The fourth-order valence-electron chi connectivity index (χ4n) is 3.32. The lowest BCUT2D eigenvalue weighted by atomic mass is 9.96. The summed E-state index contributed by atoms with van der Waals surface area (Å²) in [6, 6.07) is 6.51. The molecule has 1 saturated heterocycles. The Labute approximate surface area is 168 Å². The van der Waals surface area contributed by atoms with E-state index in [1.807, 2.05) is 6.92 Å². The van der Waals surface area contributed by atoms with E-state index in [1.165, 1.54) is 0 Å². The Hall–Kier alpha value is -2.06. The first-order valence-corrected chi connectivity index (χ1v) is 9.07. The van der Waals surface area contributed by atoms with Crippen LogP contribution in [0.3, 0.4) is 0 Å². The first-order chi connectivity index (χ1) is 12.9. The maximum absolute atomic E-state index is 13.6. The molecule has 154 valence electrons. The molecule has 28 heavy (non-hydrogen) atoms. The number of nitrogens with zero attached hydrogens (tertiary/aromatic N) is 2. The number of hydrogen-bond acceptors (Lipinski definition) is 3. The third kappa shape index (κ3) is 5.26. The van der Waals surface area contributed by atoms with Gasteiger partial charge in [-0.2, -0.15) is 18.3 Å². The van der Waals surface area contributed by atoms with Crippen molar-refractivity contribution in [2.45, 2.75) is 32.4 Å². The molecule has 2 heterocycles. The van der Waals surface area contributed by atoms with Crippen LogP contribution in [0.1, 0.15) is 40.9 Å². The Morgan fingerprint density at radius 1 is 1.32 bits per heavy atom. The van der Waals surface area contributed by atoms with Gasteiger partial charge in [-0.1, -0.05) is 17.7 Å². The number of hydrogen-bond donors (Lipinski definition) is 2. The summed E-state index contributed by atoms with van der Waals surface area (Å²) in [5.41, 5.74) is -0.317. The van der Waals surface area contributed by atoms with Gasteiger partial charge in [0.25, 0.3) is 5.91 Å². The van der Waals surface area contributed by atoms with Crippen LogP contribution >= 0.6 is 12.4 Å². The van der Waals surface area contributed by atoms with Gasteiger partial charge >= 0.3 is 6.18 Å². The topological polar surface area (TPSA) is 59.0 Å². The highest BCUT2D eigenvalue weighted by atomic mass is 35.5. The van der Waals surface area contributed by atoms with Crippen LogP contribution in [0.5, 0.6) is 0 Å². The molecular weight excluding hydrogens is 393 g/mol. The highest BCUT2D eigenvalue weighted by Gasteiger charge is 2.40. The van der Waals surface area contributed by atoms with Crippen molar-refractivity contribution in [3.05, 3.63) is 47.3 Å². The lowest BCUT2D eigenvalue weighted by Crippen LogP contribution is -2.33. The maximum atomic E-state index is 13.6. The van der Waals surface area contributed by atoms with Gasteiger partial charge in [0.2, 0.25) is 0 Å². The van der Waals surface area contributed by atoms with Gasteiger partial charge in [-0.05, 0) is 57.3 Å². The molecule has 1 amide bonds. The van der Waals surface area contributed by atoms with Crippen molar-refractivity contribution in [3.8, 4) is 5.69 Å². The number of aromatic nitrogens is 2. The Bertz CT molecular complexity index is 783. The summed E-state index contributed by atoms with van der Waals surface area (Å²) in [4.78, 5) is 12.4. The number of halogens is 4. The average molecular weight is 417 g/mol. The second kappa shape index (κ2) is 9.43. The summed E-state index contributed by atoms with van der Waals surface area (Å²) >= 11 is 0. The van der Waals surface area contributed by atoms with Crippen molar-refractivity contribution < 1.29 is 18.0 Å². The van der Waals surface area contributed by atoms with Gasteiger partial charge in [-0.25, -0.2) is 4.68 Å². The smallest absolute Gasteiger partial charge is 0.352 e. The van der Waals surface area contributed by atoms with Crippen molar-refractivity contribution in [3.63, 3.8) is 0 Å². The van der Waals surface area contributed by atoms with Gasteiger partial charge in [0, 0.05) is 6.54 Å². The molecule has 0 radical (unpaired) electrons. The molecule has 1 aromatic heterocycles. The van der Waals surface area contributed by atoms with Gasteiger partial charge in [0.15, 0.2) is 5.69 Å². The molecule has 1 fully saturated rings. The number of nitrogens with one attached hydrogen (secondary N) is 2. The normalized spacial score (nSPS) is 17.1.